The van der Waals surface area contributed by atoms with E-state index in [9.17, 15) is 14.9 Å². The molecule has 1 amide bonds. The van der Waals surface area contributed by atoms with Crippen LogP contribution in [0.2, 0.25) is 0 Å². The van der Waals surface area contributed by atoms with Crippen molar-refractivity contribution in [3.63, 3.8) is 0 Å². The van der Waals surface area contributed by atoms with Crippen molar-refractivity contribution >= 4 is 11.6 Å². The van der Waals surface area contributed by atoms with E-state index < -0.39 is 10.8 Å². The minimum absolute atomic E-state index is 0.0580. The number of pyridine rings is 1. The molecule has 86 valence electrons. The summed E-state index contributed by atoms with van der Waals surface area (Å²) in [6, 6.07) is 1.26. The first kappa shape index (κ1) is 12.1. The number of rotatable bonds is 4. The van der Waals surface area contributed by atoms with Gasteiger partial charge in [-0.05, 0) is 6.92 Å². The highest BCUT2D eigenvalue weighted by molar-refractivity contribution is 5.94. The standard InChI is InChI=1S/C9H12N4O3/c1-6-7(13(15)16)2-4-11-8(6)9(14)12-5-3-10/h2,4H,3,5,10H2,1H3,(H,12,14). The number of amides is 1. The molecule has 0 spiro atoms. The third kappa shape index (κ3) is 2.51. The fourth-order valence-corrected chi connectivity index (χ4v) is 1.22. The van der Waals surface area contributed by atoms with E-state index in [4.69, 9.17) is 5.73 Å². The molecule has 7 nitrogen and oxygen atoms in total. The lowest BCUT2D eigenvalue weighted by molar-refractivity contribution is -0.385. The Morgan fingerprint density at radius 3 is 2.94 bits per heavy atom. The van der Waals surface area contributed by atoms with Crippen molar-refractivity contribution < 1.29 is 9.72 Å². The van der Waals surface area contributed by atoms with Gasteiger partial charge in [0.15, 0.2) is 0 Å². The first-order valence-corrected chi connectivity index (χ1v) is 4.66. The summed E-state index contributed by atoms with van der Waals surface area (Å²) in [6.07, 6.45) is 1.24. The number of nitrogens with one attached hydrogen (secondary N) is 1. The first-order valence-electron chi connectivity index (χ1n) is 4.66. The molecule has 7 heteroatoms. The van der Waals surface area contributed by atoms with Crippen LogP contribution in [-0.4, -0.2) is 28.9 Å². The van der Waals surface area contributed by atoms with Gasteiger partial charge in [-0.15, -0.1) is 0 Å². The molecule has 3 N–H and O–H groups in total. The average Bonchev–Trinajstić information content (AvgIpc) is 2.25. The molecule has 0 aromatic carbocycles. The molecule has 1 aromatic rings. The van der Waals surface area contributed by atoms with E-state index in [0.29, 0.717) is 13.1 Å². The lowest BCUT2D eigenvalue weighted by Gasteiger charge is -2.05. The highest BCUT2D eigenvalue weighted by Crippen LogP contribution is 2.18. The molecular weight excluding hydrogens is 212 g/mol. The van der Waals surface area contributed by atoms with Crippen LogP contribution in [0.5, 0.6) is 0 Å². The predicted molar refractivity (Wildman–Crippen MR) is 57.0 cm³/mol. The molecule has 0 saturated carbocycles. The lowest BCUT2D eigenvalue weighted by atomic mass is 10.1. The van der Waals surface area contributed by atoms with Crippen LogP contribution in [0.25, 0.3) is 0 Å². The zero-order valence-electron chi connectivity index (χ0n) is 8.77. The Kier molecular flexibility index (Phi) is 3.90. The highest BCUT2D eigenvalue weighted by Gasteiger charge is 2.18. The van der Waals surface area contributed by atoms with Gasteiger partial charge in [-0.3, -0.25) is 19.9 Å². The number of nitrogens with zero attached hydrogens (tertiary/aromatic N) is 2. The Hall–Kier alpha value is -2.02. The number of carbonyl (C=O) groups is 1. The molecule has 16 heavy (non-hydrogen) atoms. The molecule has 0 radical (unpaired) electrons. The molecule has 0 unspecified atom stereocenters. The van der Waals surface area contributed by atoms with Gasteiger partial charge in [0.25, 0.3) is 11.6 Å². The Morgan fingerprint density at radius 2 is 2.38 bits per heavy atom. The van der Waals surface area contributed by atoms with Gasteiger partial charge in [0.05, 0.1) is 10.5 Å². The number of aromatic nitrogens is 1. The zero-order chi connectivity index (χ0) is 12.1. The van der Waals surface area contributed by atoms with Gasteiger partial charge in [-0.2, -0.15) is 0 Å². The van der Waals surface area contributed by atoms with Crippen LogP contribution in [0.1, 0.15) is 16.1 Å². The van der Waals surface area contributed by atoms with E-state index in [1.165, 1.54) is 19.2 Å². The number of hydrogen-bond donors (Lipinski definition) is 2. The lowest BCUT2D eigenvalue weighted by Crippen LogP contribution is -2.30. The minimum Gasteiger partial charge on any atom is -0.349 e. The van der Waals surface area contributed by atoms with Crippen molar-refractivity contribution in [2.45, 2.75) is 6.92 Å². The SMILES string of the molecule is Cc1c([N+](=O)[O-])ccnc1C(=O)NCCN. The molecule has 1 heterocycles. The molecule has 0 bridgehead atoms. The van der Waals surface area contributed by atoms with E-state index in [1.54, 1.807) is 0 Å². The summed E-state index contributed by atoms with van der Waals surface area (Å²) in [5.74, 6) is -0.452. The van der Waals surface area contributed by atoms with Crippen LogP contribution >= 0.6 is 0 Å². The second kappa shape index (κ2) is 5.17. The molecule has 1 rings (SSSR count). The Labute approximate surface area is 91.8 Å². The topological polar surface area (TPSA) is 111 Å². The predicted octanol–water partition coefficient (Wildman–Crippen LogP) is -0.0133. The van der Waals surface area contributed by atoms with Crippen LogP contribution in [0.4, 0.5) is 5.69 Å². The minimum atomic E-state index is -0.545. The monoisotopic (exact) mass is 224 g/mol. The molecule has 0 aliphatic heterocycles. The fourth-order valence-electron chi connectivity index (χ4n) is 1.22. The smallest absolute Gasteiger partial charge is 0.276 e. The third-order valence-corrected chi connectivity index (χ3v) is 2.02. The molecule has 0 aliphatic rings. The maximum absolute atomic E-state index is 11.5. The van der Waals surface area contributed by atoms with E-state index in [0.717, 1.165) is 0 Å². The highest BCUT2D eigenvalue weighted by atomic mass is 16.6. The summed E-state index contributed by atoms with van der Waals surface area (Å²) >= 11 is 0. The van der Waals surface area contributed by atoms with Gasteiger partial charge in [-0.25, -0.2) is 0 Å². The summed E-state index contributed by atoms with van der Waals surface area (Å²) < 4.78 is 0. The van der Waals surface area contributed by atoms with Crippen LogP contribution in [-0.2, 0) is 0 Å². The van der Waals surface area contributed by atoms with Gasteiger partial charge >= 0.3 is 0 Å². The van der Waals surface area contributed by atoms with Gasteiger partial charge in [0.1, 0.15) is 5.69 Å². The van der Waals surface area contributed by atoms with Crippen molar-refractivity contribution in [2.75, 3.05) is 13.1 Å². The van der Waals surface area contributed by atoms with Gasteiger partial charge < -0.3 is 11.1 Å². The van der Waals surface area contributed by atoms with Gasteiger partial charge in [-0.1, -0.05) is 0 Å². The largest absolute Gasteiger partial charge is 0.349 e. The normalized spacial score (nSPS) is 9.88. The number of hydrogen-bond acceptors (Lipinski definition) is 5. The number of carbonyl (C=O) groups excluding carboxylic acids is 1. The average molecular weight is 224 g/mol. The molecule has 0 aliphatic carbocycles. The van der Waals surface area contributed by atoms with Crippen molar-refractivity contribution in [1.29, 1.82) is 0 Å². The van der Waals surface area contributed by atoms with Crippen molar-refractivity contribution in [1.82, 2.24) is 10.3 Å². The number of nitrogens with two attached hydrogens (primary N) is 1. The van der Waals surface area contributed by atoms with E-state index in [2.05, 4.69) is 10.3 Å². The third-order valence-electron chi connectivity index (χ3n) is 2.02. The van der Waals surface area contributed by atoms with Crippen LogP contribution < -0.4 is 11.1 Å². The van der Waals surface area contributed by atoms with E-state index in [-0.39, 0.29) is 16.9 Å². The van der Waals surface area contributed by atoms with Gasteiger partial charge in [0.2, 0.25) is 0 Å². The second-order valence-corrected chi connectivity index (χ2v) is 3.11. The molecule has 0 fully saturated rings. The molecular formula is C9H12N4O3. The van der Waals surface area contributed by atoms with Gasteiger partial charge in [0, 0.05) is 25.4 Å². The Balaban J connectivity index is 3.01. The molecule has 0 saturated heterocycles. The first-order chi connectivity index (χ1) is 7.57. The second-order valence-electron chi connectivity index (χ2n) is 3.11. The number of nitro groups is 1. The fraction of sp³-hybridized carbons (Fsp3) is 0.333. The maximum atomic E-state index is 11.5. The van der Waals surface area contributed by atoms with Crippen molar-refractivity contribution in [3.05, 3.63) is 33.6 Å². The summed E-state index contributed by atoms with van der Waals surface area (Å²) in [5, 5.41) is 13.1. The van der Waals surface area contributed by atoms with Crippen LogP contribution in [0, 0.1) is 17.0 Å². The van der Waals surface area contributed by atoms with Crippen LogP contribution in [0.15, 0.2) is 12.3 Å². The zero-order valence-corrected chi connectivity index (χ0v) is 8.77. The molecule has 1 aromatic heterocycles. The Bertz CT molecular complexity index is 419. The summed E-state index contributed by atoms with van der Waals surface area (Å²) in [7, 11) is 0. The summed E-state index contributed by atoms with van der Waals surface area (Å²) in [5.41, 5.74) is 5.42. The van der Waals surface area contributed by atoms with E-state index >= 15 is 0 Å². The van der Waals surface area contributed by atoms with E-state index in [1.807, 2.05) is 0 Å². The quantitative estimate of drug-likeness (QED) is 0.551. The molecule has 0 atom stereocenters. The van der Waals surface area contributed by atoms with Crippen molar-refractivity contribution in [2.24, 2.45) is 5.73 Å². The van der Waals surface area contributed by atoms with Crippen LogP contribution in [0.3, 0.4) is 0 Å². The summed E-state index contributed by atoms with van der Waals surface area (Å²) in [6.45, 7) is 2.10. The maximum Gasteiger partial charge on any atom is 0.276 e. The Morgan fingerprint density at radius 1 is 1.69 bits per heavy atom. The summed E-state index contributed by atoms with van der Waals surface area (Å²) in [4.78, 5) is 25.5. The van der Waals surface area contributed by atoms with Crippen molar-refractivity contribution in [3.8, 4) is 0 Å².